The first-order valence-electron chi connectivity index (χ1n) is 4.44. The number of hydrogen-bond acceptors (Lipinski definition) is 1. The summed E-state index contributed by atoms with van der Waals surface area (Å²) < 4.78 is 17.4. The molecule has 0 aliphatic rings. The van der Waals surface area contributed by atoms with Crippen LogP contribution in [-0.2, 0) is 4.43 Å². The van der Waals surface area contributed by atoms with Crippen LogP contribution in [0.3, 0.4) is 0 Å². The molecule has 0 aromatic carbocycles. The van der Waals surface area contributed by atoms with Gasteiger partial charge < -0.3 is 4.43 Å². The fourth-order valence-electron chi connectivity index (χ4n) is 1.31. The molecule has 0 aromatic rings. The summed E-state index contributed by atoms with van der Waals surface area (Å²) in [6.07, 6.45) is 0. The van der Waals surface area contributed by atoms with Crippen molar-refractivity contribution >= 4 is 8.32 Å². The predicted octanol–water partition coefficient (Wildman–Crippen LogP) is 2.98. The maximum absolute atomic E-state index is 11.8. The number of alkyl halides is 1. The van der Waals surface area contributed by atoms with Crippen molar-refractivity contribution in [3.63, 3.8) is 0 Å². The van der Waals surface area contributed by atoms with Crippen molar-refractivity contribution in [2.75, 3.05) is 13.3 Å². The van der Waals surface area contributed by atoms with Crippen LogP contribution in [-0.4, -0.2) is 21.6 Å². The minimum absolute atomic E-state index is 0.307. The average molecular weight is 178 g/mol. The zero-order valence-electron chi connectivity index (χ0n) is 7.82. The van der Waals surface area contributed by atoms with Gasteiger partial charge in [0.25, 0.3) is 0 Å². The maximum atomic E-state index is 11.8. The van der Waals surface area contributed by atoms with Crippen LogP contribution in [0.4, 0.5) is 4.39 Å². The Labute approximate surface area is 70.1 Å². The summed E-state index contributed by atoms with van der Waals surface area (Å²) in [6, 6.07) is 3.33. The van der Waals surface area contributed by atoms with Crippen LogP contribution in [0.25, 0.3) is 0 Å². The van der Waals surface area contributed by atoms with E-state index < -0.39 is 8.32 Å². The molecule has 0 N–H and O–H groups in total. The van der Waals surface area contributed by atoms with Crippen molar-refractivity contribution < 1.29 is 8.82 Å². The van der Waals surface area contributed by atoms with Gasteiger partial charge in [-0.25, -0.2) is 4.39 Å². The molecule has 0 fully saturated rings. The molecule has 1 nitrogen and oxygen atoms in total. The molecular formula is C8H19FOSi. The quantitative estimate of drug-likeness (QED) is 0.568. The SMILES string of the molecule is CC[Si](CC)(CC)OCCF. The highest BCUT2D eigenvalue weighted by Crippen LogP contribution is 2.20. The van der Waals surface area contributed by atoms with Crippen LogP contribution in [0.2, 0.25) is 18.1 Å². The highest BCUT2D eigenvalue weighted by Gasteiger charge is 2.27. The summed E-state index contributed by atoms with van der Waals surface area (Å²) in [5.74, 6) is 0. The number of rotatable bonds is 6. The van der Waals surface area contributed by atoms with E-state index in [4.69, 9.17) is 4.43 Å². The van der Waals surface area contributed by atoms with Crippen molar-refractivity contribution in [1.82, 2.24) is 0 Å². The second-order valence-electron chi connectivity index (χ2n) is 2.78. The predicted molar refractivity (Wildman–Crippen MR) is 49.1 cm³/mol. The summed E-state index contributed by atoms with van der Waals surface area (Å²) in [5, 5.41) is 0. The van der Waals surface area contributed by atoms with E-state index in [1.165, 1.54) is 0 Å². The van der Waals surface area contributed by atoms with Gasteiger partial charge in [0, 0.05) is 0 Å². The van der Waals surface area contributed by atoms with E-state index in [9.17, 15) is 4.39 Å². The average Bonchev–Trinajstić information content (AvgIpc) is 2.08. The molecule has 3 heteroatoms. The van der Waals surface area contributed by atoms with E-state index in [2.05, 4.69) is 20.8 Å². The molecule has 0 rings (SSSR count). The van der Waals surface area contributed by atoms with Gasteiger partial charge in [0.15, 0.2) is 8.32 Å². The van der Waals surface area contributed by atoms with Gasteiger partial charge in [-0.3, -0.25) is 0 Å². The van der Waals surface area contributed by atoms with Gasteiger partial charge in [-0.15, -0.1) is 0 Å². The molecular weight excluding hydrogens is 159 g/mol. The second kappa shape index (κ2) is 5.72. The number of hydrogen-bond donors (Lipinski definition) is 0. The Balaban J connectivity index is 3.84. The van der Waals surface area contributed by atoms with E-state index in [0.29, 0.717) is 6.61 Å². The third-order valence-corrected chi connectivity index (χ3v) is 7.10. The molecule has 0 aliphatic heterocycles. The molecule has 0 spiro atoms. The van der Waals surface area contributed by atoms with Gasteiger partial charge in [0.05, 0.1) is 6.61 Å². The summed E-state index contributed by atoms with van der Waals surface area (Å²) in [7, 11) is -1.48. The molecule has 0 saturated carbocycles. The minimum Gasteiger partial charge on any atom is -0.414 e. The Morgan fingerprint density at radius 2 is 1.55 bits per heavy atom. The molecule has 0 aromatic heterocycles. The first-order valence-corrected chi connectivity index (χ1v) is 6.97. The van der Waals surface area contributed by atoms with Crippen molar-refractivity contribution in [3.8, 4) is 0 Å². The summed E-state index contributed by atoms with van der Waals surface area (Å²) in [5.41, 5.74) is 0. The Bertz CT molecular complexity index is 85.8. The monoisotopic (exact) mass is 178 g/mol. The molecule has 0 bridgehead atoms. The molecule has 11 heavy (non-hydrogen) atoms. The lowest BCUT2D eigenvalue weighted by molar-refractivity contribution is 0.259. The second-order valence-corrected chi connectivity index (χ2v) is 7.56. The van der Waals surface area contributed by atoms with Gasteiger partial charge in [-0.05, 0) is 18.1 Å². The fraction of sp³-hybridized carbons (Fsp3) is 1.00. The molecule has 0 atom stereocenters. The first kappa shape index (κ1) is 11.1. The van der Waals surface area contributed by atoms with E-state index in [-0.39, 0.29) is 6.67 Å². The van der Waals surface area contributed by atoms with Crippen molar-refractivity contribution in [1.29, 1.82) is 0 Å². The third-order valence-electron chi connectivity index (χ3n) is 2.42. The largest absolute Gasteiger partial charge is 0.414 e. The molecule has 0 unspecified atom stereocenters. The lowest BCUT2D eigenvalue weighted by Gasteiger charge is -2.27. The molecule has 0 heterocycles. The first-order chi connectivity index (χ1) is 5.24. The summed E-state index contributed by atoms with van der Waals surface area (Å²) in [4.78, 5) is 0. The normalized spacial score (nSPS) is 12.0. The smallest absolute Gasteiger partial charge is 0.192 e. The standard InChI is InChI=1S/C8H19FOSi/c1-4-11(5-2,6-3)10-8-7-9/h4-8H2,1-3H3. The van der Waals surface area contributed by atoms with Gasteiger partial charge >= 0.3 is 0 Å². The van der Waals surface area contributed by atoms with Crippen molar-refractivity contribution in [2.24, 2.45) is 0 Å². The topological polar surface area (TPSA) is 9.23 Å². The van der Waals surface area contributed by atoms with Gasteiger partial charge in [0.2, 0.25) is 0 Å². The molecule has 0 amide bonds. The lowest BCUT2D eigenvalue weighted by atomic mass is 10.8. The molecule has 68 valence electrons. The zero-order chi connectivity index (χ0) is 8.74. The zero-order valence-corrected chi connectivity index (χ0v) is 8.82. The Morgan fingerprint density at radius 1 is 1.09 bits per heavy atom. The summed E-state index contributed by atoms with van der Waals surface area (Å²) >= 11 is 0. The Hall–Kier alpha value is 0.107. The maximum Gasteiger partial charge on any atom is 0.192 e. The van der Waals surface area contributed by atoms with E-state index in [1.54, 1.807) is 0 Å². The lowest BCUT2D eigenvalue weighted by Crippen LogP contribution is -2.36. The van der Waals surface area contributed by atoms with Crippen molar-refractivity contribution in [2.45, 2.75) is 38.9 Å². The third kappa shape index (κ3) is 3.34. The van der Waals surface area contributed by atoms with Crippen LogP contribution in [0, 0.1) is 0 Å². The number of halogens is 1. The van der Waals surface area contributed by atoms with Crippen molar-refractivity contribution in [3.05, 3.63) is 0 Å². The van der Waals surface area contributed by atoms with E-state index >= 15 is 0 Å². The highest BCUT2D eigenvalue weighted by molar-refractivity contribution is 6.73. The van der Waals surface area contributed by atoms with Gasteiger partial charge in [-0.1, -0.05) is 20.8 Å². The van der Waals surface area contributed by atoms with Crippen LogP contribution >= 0.6 is 0 Å². The van der Waals surface area contributed by atoms with E-state index in [0.717, 1.165) is 18.1 Å². The molecule has 0 aliphatic carbocycles. The summed E-state index contributed by atoms with van der Waals surface area (Å²) in [6.45, 7) is 6.42. The van der Waals surface area contributed by atoms with Gasteiger partial charge in [-0.2, -0.15) is 0 Å². The Morgan fingerprint density at radius 3 is 1.82 bits per heavy atom. The fourth-order valence-corrected chi connectivity index (χ4v) is 3.93. The molecule has 0 radical (unpaired) electrons. The Kier molecular flexibility index (Phi) is 5.77. The minimum atomic E-state index is -1.48. The van der Waals surface area contributed by atoms with Crippen LogP contribution in [0.1, 0.15) is 20.8 Å². The van der Waals surface area contributed by atoms with Crippen LogP contribution in [0.15, 0.2) is 0 Å². The van der Waals surface area contributed by atoms with E-state index in [1.807, 2.05) is 0 Å². The molecule has 0 saturated heterocycles. The van der Waals surface area contributed by atoms with Crippen LogP contribution < -0.4 is 0 Å². The van der Waals surface area contributed by atoms with Gasteiger partial charge in [0.1, 0.15) is 6.67 Å². The highest BCUT2D eigenvalue weighted by atomic mass is 28.4. The van der Waals surface area contributed by atoms with Crippen LogP contribution in [0.5, 0.6) is 0 Å².